The second-order valence-corrected chi connectivity index (χ2v) is 8.66. The molecule has 174 valence electrons. The van der Waals surface area contributed by atoms with E-state index >= 15 is 0 Å². The Labute approximate surface area is 190 Å². The van der Waals surface area contributed by atoms with Crippen molar-refractivity contribution in [3.05, 3.63) is 51.8 Å². The van der Waals surface area contributed by atoms with Crippen molar-refractivity contribution >= 4 is 34.3 Å². The van der Waals surface area contributed by atoms with E-state index in [1.54, 1.807) is 0 Å². The summed E-state index contributed by atoms with van der Waals surface area (Å²) in [7, 11) is 0. The van der Waals surface area contributed by atoms with E-state index in [0.29, 0.717) is 48.0 Å². The third-order valence-corrected chi connectivity index (χ3v) is 6.23. The van der Waals surface area contributed by atoms with E-state index in [0.717, 1.165) is 0 Å². The van der Waals surface area contributed by atoms with Gasteiger partial charge >= 0.3 is 6.61 Å². The molecule has 1 fully saturated rings. The minimum atomic E-state index is -2.92. The number of nitrogens with zero attached hydrogens (tertiary/aromatic N) is 2. The lowest BCUT2D eigenvalue weighted by atomic mass is 10.0. The summed E-state index contributed by atoms with van der Waals surface area (Å²) in [5.41, 5.74) is 0.941. The van der Waals surface area contributed by atoms with Gasteiger partial charge in [0.15, 0.2) is 0 Å². The van der Waals surface area contributed by atoms with Crippen molar-refractivity contribution in [1.29, 1.82) is 0 Å². The third-order valence-electron chi connectivity index (χ3n) is 5.94. The molecule has 1 saturated carbocycles. The first kappa shape index (κ1) is 21.8. The predicted octanol–water partition coefficient (Wildman–Crippen LogP) is 3.65. The second-order valence-electron chi connectivity index (χ2n) is 8.26. The second kappa shape index (κ2) is 8.07. The molecular formula is C21H18ClF3N4O4. The Hall–Kier alpha value is -3.05. The molecule has 0 saturated heterocycles. The highest BCUT2D eigenvalue weighted by Crippen LogP contribution is 2.37. The molecule has 0 bridgehead atoms. The summed E-state index contributed by atoms with van der Waals surface area (Å²) in [5.74, 6) is -1.58. The zero-order chi connectivity index (χ0) is 23.3. The van der Waals surface area contributed by atoms with Gasteiger partial charge in [-0.15, -0.1) is 0 Å². The first-order valence-corrected chi connectivity index (χ1v) is 10.6. The van der Waals surface area contributed by atoms with Crippen LogP contribution in [0.3, 0.4) is 0 Å². The van der Waals surface area contributed by atoms with Crippen molar-refractivity contribution in [2.75, 3.05) is 13.2 Å². The molecule has 2 amide bonds. The van der Waals surface area contributed by atoms with E-state index in [1.165, 1.54) is 23.1 Å². The van der Waals surface area contributed by atoms with Gasteiger partial charge in [-0.05, 0) is 31.0 Å². The molecular weight excluding hydrogens is 465 g/mol. The summed E-state index contributed by atoms with van der Waals surface area (Å²) >= 11 is 5.81. The number of alkyl halides is 2. The number of nitrogens with one attached hydrogen (secondary N) is 2. The van der Waals surface area contributed by atoms with E-state index in [1.807, 2.05) is 0 Å². The van der Waals surface area contributed by atoms with E-state index in [2.05, 4.69) is 20.2 Å². The fourth-order valence-electron chi connectivity index (χ4n) is 3.95. The van der Waals surface area contributed by atoms with Crippen LogP contribution < -0.4 is 5.32 Å². The monoisotopic (exact) mass is 482 g/mol. The first-order chi connectivity index (χ1) is 15.7. The Morgan fingerprint density at radius 3 is 2.85 bits per heavy atom. The van der Waals surface area contributed by atoms with Crippen molar-refractivity contribution in [3.63, 3.8) is 0 Å². The van der Waals surface area contributed by atoms with Crippen LogP contribution in [0.25, 0.3) is 10.9 Å². The molecule has 2 aliphatic rings. The number of halogens is 4. The summed E-state index contributed by atoms with van der Waals surface area (Å²) in [5, 5.41) is 7.07. The quantitative estimate of drug-likeness (QED) is 0.558. The number of carbonyl (C=O) groups is 2. The van der Waals surface area contributed by atoms with E-state index < -0.39 is 23.9 Å². The molecule has 12 heteroatoms. The average molecular weight is 483 g/mol. The van der Waals surface area contributed by atoms with Crippen molar-refractivity contribution < 1.29 is 32.0 Å². The normalized spacial score (nSPS) is 16.8. The number of amides is 2. The molecule has 33 heavy (non-hydrogen) atoms. The number of benzene rings is 1. The Morgan fingerprint density at radius 1 is 1.33 bits per heavy atom. The summed E-state index contributed by atoms with van der Waals surface area (Å²) in [6.07, 6.45) is 1.40. The van der Waals surface area contributed by atoms with E-state index in [4.69, 9.17) is 16.1 Å². The van der Waals surface area contributed by atoms with E-state index in [9.17, 15) is 22.8 Å². The summed E-state index contributed by atoms with van der Waals surface area (Å²) < 4.78 is 48.1. The number of aromatic amines is 1. The standard InChI is InChI=1S/C21H18ClF3N4O4/c22-12-7-15-10(5-13(12)23)6-16(26-15)19(31)29-4-1-14-11(8-29)17(33-28-14)18(30)27-21(2-3-21)9-32-20(24)25/h5-7,20,26H,1-4,8-9H2,(H,27,30). The molecule has 0 unspecified atom stereocenters. The van der Waals surface area contributed by atoms with Gasteiger partial charge in [-0.1, -0.05) is 16.8 Å². The van der Waals surface area contributed by atoms with Gasteiger partial charge < -0.3 is 24.5 Å². The molecule has 3 heterocycles. The maximum atomic E-state index is 13.7. The van der Waals surface area contributed by atoms with Crippen LogP contribution in [0.2, 0.25) is 5.02 Å². The van der Waals surface area contributed by atoms with Crippen LogP contribution >= 0.6 is 11.6 Å². The molecule has 0 radical (unpaired) electrons. The van der Waals surface area contributed by atoms with Crippen molar-refractivity contribution in [3.8, 4) is 0 Å². The molecule has 1 aliphatic heterocycles. The molecule has 5 rings (SSSR count). The molecule has 3 aromatic rings. The van der Waals surface area contributed by atoms with Crippen molar-refractivity contribution in [2.24, 2.45) is 0 Å². The molecule has 2 aromatic heterocycles. The summed E-state index contributed by atoms with van der Waals surface area (Å²) in [4.78, 5) is 30.3. The van der Waals surface area contributed by atoms with Gasteiger partial charge in [0.25, 0.3) is 11.8 Å². The average Bonchev–Trinajstić information content (AvgIpc) is 3.22. The highest BCUT2D eigenvalue weighted by Gasteiger charge is 2.46. The molecule has 2 N–H and O–H groups in total. The maximum Gasteiger partial charge on any atom is 0.345 e. The van der Waals surface area contributed by atoms with Crippen LogP contribution in [-0.2, 0) is 17.7 Å². The first-order valence-electron chi connectivity index (χ1n) is 10.2. The van der Waals surface area contributed by atoms with Gasteiger partial charge in [-0.2, -0.15) is 8.78 Å². The minimum Gasteiger partial charge on any atom is -0.350 e. The lowest BCUT2D eigenvalue weighted by molar-refractivity contribution is -0.135. The Balaban J connectivity index is 1.32. The highest BCUT2D eigenvalue weighted by atomic mass is 35.5. The number of carbonyl (C=O) groups excluding carboxylic acids is 2. The van der Waals surface area contributed by atoms with Crippen molar-refractivity contribution in [1.82, 2.24) is 20.4 Å². The zero-order valence-corrected chi connectivity index (χ0v) is 17.8. The van der Waals surface area contributed by atoms with Gasteiger partial charge in [0.1, 0.15) is 11.5 Å². The SMILES string of the molecule is O=C(NC1(COC(F)F)CC1)c1onc2c1CN(C(=O)c1cc3cc(F)c(Cl)cc3[nH]1)CC2. The van der Waals surface area contributed by atoms with Gasteiger partial charge in [0, 0.05) is 29.4 Å². The van der Waals surface area contributed by atoms with Crippen LogP contribution in [0.1, 0.15) is 45.1 Å². The van der Waals surface area contributed by atoms with E-state index in [-0.39, 0.29) is 35.5 Å². The lowest BCUT2D eigenvalue weighted by Gasteiger charge is -2.26. The smallest absolute Gasteiger partial charge is 0.345 e. The van der Waals surface area contributed by atoms with Gasteiger partial charge in [0.2, 0.25) is 5.76 Å². The topological polar surface area (TPSA) is 100 Å². The van der Waals surface area contributed by atoms with Gasteiger partial charge in [-0.25, -0.2) is 4.39 Å². The number of hydrogen-bond acceptors (Lipinski definition) is 5. The minimum absolute atomic E-state index is 0.0570. The Bertz CT molecular complexity index is 1210. The number of rotatable bonds is 6. The Kier molecular flexibility index (Phi) is 5.32. The summed E-state index contributed by atoms with van der Waals surface area (Å²) in [6.45, 7) is -2.81. The Morgan fingerprint density at radius 2 is 2.12 bits per heavy atom. The lowest BCUT2D eigenvalue weighted by Crippen LogP contribution is -2.42. The number of hydrogen-bond donors (Lipinski definition) is 2. The highest BCUT2D eigenvalue weighted by molar-refractivity contribution is 6.31. The third kappa shape index (κ3) is 4.18. The molecule has 0 atom stereocenters. The number of ether oxygens (including phenoxy) is 1. The fourth-order valence-corrected chi connectivity index (χ4v) is 4.12. The number of fused-ring (bicyclic) bond motifs is 2. The van der Waals surface area contributed by atoms with Gasteiger partial charge in [0.05, 0.1) is 29.4 Å². The van der Waals surface area contributed by atoms with Crippen LogP contribution in [0, 0.1) is 5.82 Å². The van der Waals surface area contributed by atoms with Crippen LogP contribution in [0.4, 0.5) is 13.2 Å². The molecule has 1 aliphatic carbocycles. The zero-order valence-electron chi connectivity index (χ0n) is 17.1. The predicted molar refractivity (Wildman–Crippen MR) is 110 cm³/mol. The largest absolute Gasteiger partial charge is 0.350 e. The molecule has 0 spiro atoms. The summed E-state index contributed by atoms with van der Waals surface area (Å²) in [6, 6.07) is 4.19. The molecule has 8 nitrogen and oxygen atoms in total. The van der Waals surface area contributed by atoms with Crippen LogP contribution in [0.5, 0.6) is 0 Å². The van der Waals surface area contributed by atoms with Crippen molar-refractivity contribution in [2.45, 2.75) is 38.0 Å². The van der Waals surface area contributed by atoms with Gasteiger partial charge in [-0.3, -0.25) is 9.59 Å². The fraction of sp³-hybridized carbons (Fsp3) is 0.381. The maximum absolute atomic E-state index is 13.7. The van der Waals surface area contributed by atoms with Crippen LogP contribution in [-0.4, -0.2) is 52.2 Å². The molecule has 1 aromatic carbocycles. The number of aromatic nitrogens is 2. The van der Waals surface area contributed by atoms with Crippen LogP contribution in [0.15, 0.2) is 22.7 Å². The number of H-pyrrole nitrogens is 1.